The summed E-state index contributed by atoms with van der Waals surface area (Å²) >= 11 is 2.91. The summed E-state index contributed by atoms with van der Waals surface area (Å²) in [6.45, 7) is 1.97. The third kappa shape index (κ3) is 4.12. The second kappa shape index (κ2) is 7.46. The lowest BCUT2D eigenvalue weighted by Gasteiger charge is -2.09. The van der Waals surface area contributed by atoms with E-state index in [-0.39, 0.29) is 5.91 Å². The number of hydrogen-bond acceptors (Lipinski definition) is 6. The van der Waals surface area contributed by atoms with Crippen molar-refractivity contribution in [3.63, 3.8) is 0 Å². The number of carbonyl (C=O) groups is 1. The Morgan fingerprint density at radius 3 is 2.79 bits per heavy atom. The first-order valence-corrected chi connectivity index (χ1v) is 9.10. The van der Waals surface area contributed by atoms with Crippen LogP contribution in [-0.4, -0.2) is 16.1 Å². The molecule has 24 heavy (non-hydrogen) atoms. The van der Waals surface area contributed by atoms with Crippen molar-refractivity contribution >= 4 is 39.8 Å². The Kier molecular flexibility index (Phi) is 5.12. The van der Waals surface area contributed by atoms with Gasteiger partial charge in [-0.3, -0.25) is 4.79 Å². The van der Waals surface area contributed by atoms with E-state index in [1.807, 2.05) is 55.5 Å². The highest BCUT2D eigenvalue weighted by molar-refractivity contribution is 8.00. The number of aromatic nitrogens is 2. The molecule has 0 atom stereocenters. The van der Waals surface area contributed by atoms with Crippen LogP contribution >= 0.6 is 23.1 Å². The number of nitrogen functional groups attached to an aromatic ring is 1. The van der Waals surface area contributed by atoms with E-state index in [2.05, 4.69) is 15.5 Å². The molecule has 0 saturated carbocycles. The minimum atomic E-state index is -0.115. The highest BCUT2D eigenvalue weighted by Crippen LogP contribution is 2.27. The number of amides is 1. The van der Waals surface area contributed by atoms with E-state index < -0.39 is 0 Å². The molecule has 7 heteroatoms. The highest BCUT2D eigenvalue weighted by Gasteiger charge is 2.09. The third-order valence-electron chi connectivity index (χ3n) is 3.37. The lowest BCUT2D eigenvalue weighted by Crippen LogP contribution is -2.12. The second-order valence-electron chi connectivity index (χ2n) is 5.16. The maximum absolute atomic E-state index is 12.4. The summed E-state index contributed by atoms with van der Waals surface area (Å²) in [7, 11) is 0. The summed E-state index contributed by atoms with van der Waals surface area (Å²) in [6, 6.07) is 15.3. The van der Waals surface area contributed by atoms with Gasteiger partial charge in [-0.05, 0) is 36.2 Å². The molecule has 0 saturated heterocycles. The van der Waals surface area contributed by atoms with Crippen LogP contribution in [0.1, 0.15) is 21.5 Å². The minimum absolute atomic E-state index is 0.115. The topological polar surface area (TPSA) is 80.9 Å². The zero-order chi connectivity index (χ0) is 16.9. The van der Waals surface area contributed by atoms with Gasteiger partial charge in [0.15, 0.2) is 4.34 Å². The number of para-hydroxylation sites is 1. The number of hydrogen-bond donors (Lipinski definition) is 2. The number of benzene rings is 2. The van der Waals surface area contributed by atoms with E-state index in [9.17, 15) is 4.79 Å². The molecule has 1 amide bonds. The molecule has 2 aromatic carbocycles. The molecule has 3 rings (SSSR count). The molecule has 0 bridgehead atoms. The Morgan fingerprint density at radius 2 is 2.04 bits per heavy atom. The number of nitrogens with two attached hydrogens (primary N) is 1. The molecule has 0 aliphatic heterocycles. The molecule has 3 aromatic rings. The monoisotopic (exact) mass is 356 g/mol. The van der Waals surface area contributed by atoms with E-state index in [1.54, 1.807) is 11.8 Å². The van der Waals surface area contributed by atoms with Crippen LogP contribution in [0.5, 0.6) is 0 Å². The number of nitrogens with one attached hydrogen (secondary N) is 1. The molecule has 0 radical (unpaired) electrons. The van der Waals surface area contributed by atoms with Crippen LogP contribution in [0, 0.1) is 6.92 Å². The fourth-order valence-corrected chi connectivity index (χ4v) is 3.71. The van der Waals surface area contributed by atoms with Crippen LogP contribution < -0.4 is 11.1 Å². The molecular formula is C17H16N4OS2. The summed E-state index contributed by atoms with van der Waals surface area (Å²) < 4.78 is 0.822. The Hall–Kier alpha value is -2.38. The van der Waals surface area contributed by atoms with Gasteiger partial charge in [0.25, 0.3) is 5.91 Å². The maximum Gasteiger partial charge on any atom is 0.255 e. The van der Waals surface area contributed by atoms with Crippen LogP contribution in [0.3, 0.4) is 0 Å². The number of aryl methyl sites for hydroxylation is 1. The summed E-state index contributed by atoms with van der Waals surface area (Å²) in [5, 5.41) is 11.2. The Morgan fingerprint density at radius 1 is 1.21 bits per heavy atom. The Labute approximate surface area is 148 Å². The highest BCUT2D eigenvalue weighted by atomic mass is 32.2. The number of carbonyl (C=O) groups excluding carboxylic acids is 1. The van der Waals surface area contributed by atoms with Crippen molar-refractivity contribution in [1.29, 1.82) is 0 Å². The van der Waals surface area contributed by atoms with Crippen molar-refractivity contribution in [3.05, 3.63) is 65.2 Å². The van der Waals surface area contributed by atoms with Crippen LogP contribution in [0.15, 0.2) is 52.9 Å². The predicted molar refractivity (Wildman–Crippen MR) is 99.5 cm³/mol. The first kappa shape index (κ1) is 16.5. The summed E-state index contributed by atoms with van der Waals surface area (Å²) in [5.41, 5.74) is 9.11. The first-order chi connectivity index (χ1) is 11.6. The molecule has 5 nitrogen and oxygen atoms in total. The molecule has 1 heterocycles. The summed E-state index contributed by atoms with van der Waals surface area (Å²) in [6.07, 6.45) is 0. The zero-order valence-electron chi connectivity index (χ0n) is 13.0. The van der Waals surface area contributed by atoms with Crippen molar-refractivity contribution in [2.75, 3.05) is 11.1 Å². The Bertz CT molecular complexity index is 863. The molecular weight excluding hydrogens is 340 g/mol. The van der Waals surface area contributed by atoms with Gasteiger partial charge in [0.05, 0.1) is 0 Å². The van der Waals surface area contributed by atoms with Crippen LogP contribution in [-0.2, 0) is 5.75 Å². The molecule has 122 valence electrons. The standard InChI is InChI=1S/C17H16N4OS2/c1-11-5-2-3-8-14(11)19-15(22)13-7-4-6-12(9-13)10-23-17-21-20-16(18)24-17/h2-9H,10H2,1H3,(H2,18,20)(H,19,22). The quantitative estimate of drug-likeness (QED) is 0.676. The van der Waals surface area contributed by atoms with Crippen molar-refractivity contribution in [2.24, 2.45) is 0 Å². The fourth-order valence-electron chi connectivity index (χ4n) is 2.13. The molecule has 0 aliphatic carbocycles. The smallest absolute Gasteiger partial charge is 0.255 e. The molecule has 0 spiro atoms. The van der Waals surface area contributed by atoms with Crippen molar-refractivity contribution in [2.45, 2.75) is 17.0 Å². The average molecular weight is 356 g/mol. The Balaban J connectivity index is 1.68. The molecule has 0 fully saturated rings. The lowest BCUT2D eigenvalue weighted by molar-refractivity contribution is 0.102. The van der Waals surface area contributed by atoms with E-state index in [4.69, 9.17) is 5.73 Å². The number of thioether (sulfide) groups is 1. The van der Waals surface area contributed by atoms with E-state index in [0.717, 1.165) is 21.2 Å². The van der Waals surface area contributed by atoms with Gasteiger partial charge >= 0.3 is 0 Å². The van der Waals surface area contributed by atoms with Crippen molar-refractivity contribution < 1.29 is 4.79 Å². The summed E-state index contributed by atoms with van der Waals surface area (Å²) in [4.78, 5) is 12.4. The van der Waals surface area contributed by atoms with Crippen LogP contribution in [0.4, 0.5) is 10.8 Å². The fraction of sp³-hybridized carbons (Fsp3) is 0.118. The second-order valence-corrected chi connectivity index (χ2v) is 7.40. The van der Waals surface area contributed by atoms with Gasteiger partial charge < -0.3 is 11.1 Å². The first-order valence-electron chi connectivity index (χ1n) is 7.29. The third-order valence-corrected chi connectivity index (χ3v) is 5.32. The SMILES string of the molecule is Cc1ccccc1NC(=O)c1cccc(CSc2nnc(N)s2)c1. The van der Waals surface area contributed by atoms with Gasteiger partial charge in [0.2, 0.25) is 5.13 Å². The minimum Gasteiger partial charge on any atom is -0.374 e. The van der Waals surface area contributed by atoms with E-state index in [0.29, 0.717) is 16.4 Å². The predicted octanol–water partition coefficient (Wildman–Crippen LogP) is 3.97. The van der Waals surface area contributed by atoms with Crippen LogP contribution in [0.25, 0.3) is 0 Å². The zero-order valence-corrected chi connectivity index (χ0v) is 14.7. The normalized spacial score (nSPS) is 10.5. The van der Waals surface area contributed by atoms with Crippen molar-refractivity contribution in [3.8, 4) is 0 Å². The number of anilines is 2. The molecule has 3 N–H and O–H groups in total. The largest absolute Gasteiger partial charge is 0.374 e. The van der Waals surface area contributed by atoms with Gasteiger partial charge in [-0.2, -0.15) is 0 Å². The average Bonchev–Trinajstić information content (AvgIpc) is 3.01. The van der Waals surface area contributed by atoms with Gasteiger partial charge in [-0.15, -0.1) is 10.2 Å². The van der Waals surface area contributed by atoms with Crippen LogP contribution in [0.2, 0.25) is 0 Å². The van der Waals surface area contributed by atoms with Gasteiger partial charge in [0, 0.05) is 17.0 Å². The number of rotatable bonds is 5. The van der Waals surface area contributed by atoms with Crippen molar-refractivity contribution in [1.82, 2.24) is 10.2 Å². The maximum atomic E-state index is 12.4. The summed E-state index contributed by atoms with van der Waals surface area (Å²) in [5.74, 6) is 0.594. The van der Waals surface area contributed by atoms with Gasteiger partial charge in [-0.25, -0.2) is 0 Å². The lowest BCUT2D eigenvalue weighted by atomic mass is 10.1. The van der Waals surface area contributed by atoms with E-state index in [1.165, 1.54) is 11.3 Å². The van der Waals surface area contributed by atoms with Gasteiger partial charge in [-0.1, -0.05) is 53.4 Å². The molecule has 0 aliphatic rings. The number of nitrogens with zero attached hydrogens (tertiary/aromatic N) is 2. The van der Waals surface area contributed by atoms with E-state index >= 15 is 0 Å². The van der Waals surface area contributed by atoms with Gasteiger partial charge in [0.1, 0.15) is 0 Å². The molecule has 0 unspecified atom stereocenters. The molecule has 1 aromatic heterocycles.